The van der Waals surface area contributed by atoms with Gasteiger partial charge >= 0.3 is 0 Å². The average Bonchev–Trinajstić information content (AvgIpc) is 2.51. The Kier molecular flexibility index (Phi) is 3.55. The summed E-state index contributed by atoms with van der Waals surface area (Å²) < 4.78 is 0. The second kappa shape index (κ2) is 4.47. The van der Waals surface area contributed by atoms with E-state index in [2.05, 4.69) is 9.98 Å². The Morgan fingerprint density at radius 3 is 2.83 bits per heavy atom. The van der Waals surface area contributed by atoms with Gasteiger partial charge in [0.2, 0.25) is 5.13 Å². The van der Waals surface area contributed by atoms with Gasteiger partial charge in [-0.25, -0.2) is 4.98 Å². The van der Waals surface area contributed by atoms with E-state index in [0.29, 0.717) is 0 Å². The molecule has 1 aromatic rings. The highest BCUT2D eigenvalue weighted by molar-refractivity contribution is 8.13. The smallest absolute Gasteiger partial charge is 0.211 e. The molecule has 0 spiro atoms. The van der Waals surface area contributed by atoms with Crippen LogP contribution in [0.1, 0.15) is 0 Å². The summed E-state index contributed by atoms with van der Waals surface area (Å²) in [5.41, 5.74) is 0. The molecule has 0 radical (unpaired) electrons. The maximum absolute atomic E-state index is 4.35. The normalized spacial score (nSPS) is 11.8. The van der Waals surface area contributed by atoms with E-state index >= 15 is 0 Å². The van der Waals surface area contributed by atoms with Crippen molar-refractivity contribution in [3.63, 3.8) is 0 Å². The van der Waals surface area contributed by atoms with Crippen molar-refractivity contribution >= 4 is 33.4 Å². The van der Waals surface area contributed by atoms with Gasteiger partial charge in [0, 0.05) is 25.7 Å². The van der Waals surface area contributed by atoms with Crippen molar-refractivity contribution in [2.75, 3.05) is 20.4 Å². The van der Waals surface area contributed by atoms with Crippen LogP contribution >= 0.6 is 23.1 Å². The van der Waals surface area contributed by atoms with Gasteiger partial charge in [0.1, 0.15) is 0 Å². The van der Waals surface area contributed by atoms with E-state index in [4.69, 9.17) is 0 Å². The molecule has 5 heteroatoms. The first-order valence-electron chi connectivity index (χ1n) is 3.43. The van der Waals surface area contributed by atoms with Crippen molar-refractivity contribution in [2.45, 2.75) is 0 Å². The summed E-state index contributed by atoms with van der Waals surface area (Å²) in [5, 5.41) is 3.71. The number of thioether (sulfide) groups is 1. The zero-order valence-electron chi connectivity index (χ0n) is 7.31. The third kappa shape index (κ3) is 2.49. The van der Waals surface area contributed by atoms with E-state index in [-0.39, 0.29) is 0 Å². The maximum atomic E-state index is 4.35. The van der Waals surface area contributed by atoms with Crippen molar-refractivity contribution in [1.82, 2.24) is 9.88 Å². The summed E-state index contributed by atoms with van der Waals surface area (Å²) in [6.45, 7) is 0. The monoisotopic (exact) mass is 201 g/mol. The maximum Gasteiger partial charge on any atom is 0.211 e. The molecule has 0 aromatic carbocycles. The van der Waals surface area contributed by atoms with Crippen molar-refractivity contribution in [1.29, 1.82) is 0 Å². The topological polar surface area (TPSA) is 28.5 Å². The number of thiazole rings is 1. The highest BCUT2D eigenvalue weighted by atomic mass is 32.2. The lowest BCUT2D eigenvalue weighted by Crippen LogP contribution is -2.17. The van der Waals surface area contributed by atoms with Crippen molar-refractivity contribution in [3.05, 3.63) is 11.6 Å². The van der Waals surface area contributed by atoms with Crippen LogP contribution in [-0.2, 0) is 0 Å². The van der Waals surface area contributed by atoms with Crippen LogP contribution in [0, 0.1) is 0 Å². The molecule has 1 heterocycles. The van der Waals surface area contributed by atoms with Gasteiger partial charge in [-0.1, -0.05) is 11.8 Å². The Labute approximate surface area is 80.5 Å². The minimum absolute atomic E-state index is 0.813. The van der Waals surface area contributed by atoms with Crippen LogP contribution in [0.4, 0.5) is 5.13 Å². The van der Waals surface area contributed by atoms with Crippen LogP contribution in [0.3, 0.4) is 0 Å². The zero-order chi connectivity index (χ0) is 8.97. The Balaban J connectivity index is 2.78. The van der Waals surface area contributed by atoms with E-state index < -0.39 is 0 Å². The molecule has 0 aliphatic heterocycles. The van der Waals surface area contributed by atoms with Gasteiger partial charge in [-0.2, -0.15) is 4.99 Å². The van der Waals surface area contributed by atoms with Crippen LogP contribution < -0.4 is 0 Å². The highest BCUT2D eigenvalue weighted by Crippen LogP contribution is 2.17. The molecule has 0 atom stereocenters. The number of hydrogen-bond donors (Lipinski definition) is 0. The molecule has 1 rings (SSSR count). The van der Waals surface area contributed by atoms with Gasteiger partial charge in [0.05, 0.1) is 0 Å². The van der Waals surface area contributed by atoms with Crippen molar-refractivity contribution in [2.24, 2.45) is 4.99 Å². The lowest BCUT2D eigenvalue weighted by molar-refractivity contribution is 0.636. The number of aromatic nitrogens is 1. The van der Waals surface area contributed by atoms with Gasteiger partial charge in [-0.05, 0) is 6.26 Å². The lowest BCUT2D eigenvalue weighted by Gasteiger charge is -2.11. The molecule has 0 saturated carbocycles. The molecule has 0 fully saturated rings. The van der Waals surface area contributed by atoms with Crippen molar-refractivity contribution in [3.8, 4) is 0 Å². The molecule has 0 saturated heterocycles. The number of rotatable bonds is 1. The fraction of sp³-hybridized carbons (Fsp3) is 0.429. The predicted octanol–water partition coefficient (Wildman–Crippen LogP) is 2.06. The van der Waals surface area contributed by atoms with Crippen LogP contribution in [0.5, 0.6) is 0 Å². The second-order valence-corrected chi connectivity index (χ2v) is 3.95. The molecular weight excluding hydrogens is 190 g/mol. The average molecular weight is 201 g/mol. The molecule has 0 aliphatic rings. The molecule has 66 valence electrons. The zero-order valence-corrected chi connectivity index (χ0v) is 8.95. The SMILES string of the molecule is CSC(=Nc1nccs1)N(C)C. The molecular formula is C7H11N3S2. The third-order valence-electron chi connectivity index (χ3n) is 1.18. The first-order valence-corrected chi connectivity index (χ1v) is 5.54. The molecule has 3 nitrogen and oxygen atoms in total. The van der Waals surface area contributed by atoms with E-state index in [1.807, 2.05) is 30.6 Å². The number of hydrogen-bond acceptors (Lipinski definition) is 4. The number of aliphatic imine (C=N–C) groups is 1. The first kappa shape index (κ1) is 9.54. The molecule has 0 amide bonds. The lowest BCUT2D eigenvalue weighted by atomic mass is 10.9. The standard InChI is InChI=1S/C7H11N3S2/c1-10(2)7(11-3)9-6-8-4-5-12-6/h4-5H,1-3H3. The third-order valence-corrected chi connectivity index (χ3v) is 2.66. The summed E-state index contributed by atoms with van der Waals surface area (Å²) >= 11 is 3.16. The van der Waals surface area contributed by atoms with E-state index in [9.17, 15) is 0 Å². The molecule has 0 bridgehead atoms. The minimum atomic E-state index is 0.813. The first-order chi connectivity index (χ1) is 5.74. The van der Waals surface area contributed by atoms with Crippen LogP contribution in [0.2, 0.25) is 0 Å². The molecule has 1 aromatic heterocycles. The van der Waals surface area contributed by atoms with Crippen molar-refractivity contribution < 1.29 is 0 Å². The summed E-state index contributed by atoms with van der Waals surface area (Å²) in [5.74, 6) is 0. The van der Waals surface area contributed by atoms with E-state index in [1.165, 1.54) is 0 Å². The fourth-order valence-corrected chi connectivity index (χ4v) is 1.79. The predicted molar refractivity (Wildman–Crippen MR) is 56.4 cm³/mol. The van der Waals surface area contributed by atoms with Gasteiger partial charge in [0.25, 0.3) is 0 Å². The van der Waals surface area contributed by atoms with Crippen LogP contribution in [0.25, 0.3) is 0 Å². The largest absolute Gasteiger partial charge is 0.357 e. The summed E-state index contributed by atoms with van der Waals surface area (Å²) in [6.07, 6.45) is 3.77. The number of nitrogens with zero attached hydrogens (tertiary/aromatic N) is 3. The minimum Gasteiger partial charge on any atom is -0.357 e. The highest BCUT2D eigenvalue weighted by Gasteiger charge is 2.00. The Morgan fingerprint density at radius 2 is 2.42 bits per heavy atom. The van der Waals surface area contributed by atoms with E-state index in [0.717, 1.165) is 10.3 Å². The molecule has 0 aliphatic carbocycles. The summed E-state index contributed by atoms with van der Waals surface area (Å²) in [7, 11) is 3.95. The number of amidine groups is 1. The Bertz CT molecular complexity index is 254. The Hall–Kier alpha value is -0.550. The second-order valence-electron chi connectivity index (χ2n) is 2.31. The molecule has 0 N–H and O–H groups in total. The van der Waals surface area contributed by atoms with Gasteiger partial charge in [-0.15, -0.1) is 11.3 Å². The van der Waals surface area contributed by atoms with E-state index in [1.54, 1.807) is 29.3 Å². The fourth-order valence-electron chi connectivity index (χ4n) is 0.681. The van der Waals surface area contributed by atoms with Crippen LogP contribution in [-0.4, -0.2) is 35.4 Å². The van der Waals surface area contributed by atoms with Gasteiger partial charge in [0.15, 0.2) is 5.17 Å². The Morgan fingerprint density at radius 1 is 1.67 bits per heavy atom. The summed E-state index contributed by atoms with van der Waals surface area (Å²) in [4.78, 5) is 10.4. The summed E-state index contributed by atoms with van der Waals surface area (Å²) in [6, 6.07) is 0. The van der Waals surface area contributed by atoms with Gasteiger partial charge < -0.3 is 4.90 Å². The molecule has 0 unspecified atom stereocenters. The van der Waals surface area contributed by atoms with Gasteiger partial charge in [-0.3, -0.25) is 0 Å². The van der Waals surface area contributed by atoms with Crippen LogP contribution in [0.15, 0.2) is 16.6 Å². The quantitative estimate of drug-likeness (QED) is 0.514. The molecule has 12 heavy (non-hydrogen) atoms.